The zero-order chi connectivity index (χ0) is 17.7. The van der Waals surface area contributed by atoms with Crippen LogP contribution < -0.4 is 5.32 Å². The number of nitrogens with one attached hydrogen (secondary N) is 1. The summed E-state index contributed by atoms with van der Waals surface area (Å²) in [5, 5.41) is 3.04. The maximum absolute atomic E-state index is 12.4. The largest absolute Gasteiger partial charge is 0.351 e. The molecule has 1 aromatic carbocycles. The molecule has 24 heavy (non-hydrogen) atoms. The highest BCUT2D eigenvalue weighted by molar-refractivity contribution is 5.94. The van der Waals surface area contributed by atoms with Gasteiger partial charge in [0.15, 0.2) is 0 Å². The first kappa shape index (κ1) is 18.1. The number of pyridine rings is 1. The minimum atomic E-state index is -0.0279. The normalized spacial score (nSPS) is 11.6. The van der Waals surface area contributed by atoms with Crippen molar-refractivity contribution in [3.05, 3.63) is 53.9 Å². The standard InChI is InChI=1S/C20H27N3O/c1-15-12-21-11-10-18(15)16-6-8-17(9-7-16)19(24)22-13-20(2,3)14-23(4)5/h6-12H,13-14H2,1-5H3,(H,22,24). The average molecular weight is 325 g/mol. The van der Waals surface area contributed by atoms with Crippen molar-refractivity contribution in [1.82, 2.24) is 15.2 Å². The lowest BCUT2D eigenvalue weighted by atomic mass is 9.93. The first-order chi connectivity index (χ1) is 11.3. The Kier molecular flexibility index (Phi) is 5.73. The minimum absolute atomic E-state index is 0.0279. The molecule has 0 aliphatic rings. The van der Waals surface area contributed by atoms with Crippen molar-refractivity contribution in [3.8, 4) is 11.1 Å². The van der Waals surface area contributed by atoms with Crippen LogP contribution in [0.15, 0.2) is 42.7 Å². The summed E-state index contributed by atoms with van der Waals surface area (Å²) in [5.74, 6) is -0.0279. The Hall–Kier alpha value is -2.20. The number of nitrogens with zero attached hydrogens (tertiary/aromatic N) is 2. The highest BCUT2D eigenvalue weighted by Crippen LogP contribution is 2.22. The van der Waals surface area contributed by atoms with Crippen LogP contribution in [0.1, 0.15) is 29.8 Å². The topological polar surface area (TPSA) is 45.2 Å². The molecule has 4 heteroatoms. The molecule has 1 amide bonds. The van der Waals surface area contributed by atoms with Crippen molar-refractivity contribution < 1.29 is 4.79 Å². The Morgan fingerprint density at radius 2 is 1.83 bits per heavy atom. The summed E-state index contributed by atoms with van der Waals surface area (Å²) in [5.41, 5.74) is 4.09. The van der Waals surface area contributed by atoms with E-state index < -0.39 is 0 Å². The number of aromatic nitrogens is 1. The fourth-order valence-electron chi connectivity index (χ4n) is 2.93. The molecule has 1 N–H and O–H groups in total. The van der Waals surface area contributed by atoms with E-state index in [0.29, 0.717) is 12.1 Å². The lowest BCUT2D eigenvalue weighted by Gasteiger charge is -2.28. The maximum Gasteiger partial charge on any atom is 0.251 e. The molecule has 0 aliphatic carbocycles. The number of amides is 1. The van der Waals surface area contributed by atoms with Gasteiger partial charge >= 0.3 is 0 Å². The third-order valence-electron chi connectivity index (χ3n) is 3.95. The van der Waals surface area contributed by atoms with Crippen molar-refractivity contribution in [3.63, 3.8) is 0 Å². The predicted octanol–water partition coefficient (Wildman–Crippen LogP) is 3.37. The van der Waals surface area contributed by atoms with Gasteiger partial charge in [-0.15, -0.1) is 0 Å². The summed E-state index contributed by atoms with van der Waals surface area (Å²) in [6.45, 7) is 7.92. The van der Waals surface area contributed by atoms with E-state index in [4.69, 9.17) is 0 Å². The van der Waals surface area contributed by atoms with Crippen LogP contribution >= 0.6 is 0 Å². The fraction of sp³-hybridized carbons (Fsp3) is 0.400. The Labute approximate surface area is 144 Å². The van der Waals surface area contributed by atoms with Crippen LogP contribution in [0.2, 0.25) is 0 Å². The van der Waals surface area contributed by atoms with Crippen molar-refractivity contribution in [1.29, 1.82) is 0 Å². The monoisotopic (exact) mass is 325 g/mol. The van der Waals surface area contributed by atoms with Crippen LogP contribution in [0.4, 0.5) is 0 Å². The molecule has 0 saturated carbocycles. The summed E-state index contributed by atoms with van der Waals surface area (Å²) in [7, 11) is 4.09. The van der Waals surface area contributed by atoms with Gasteiger partial charge in [0.25, 0.3) is 5.91 Å². The fourth-order valence-corrected chi connectivity index (χ4v) is 2.93. The van der Waals surface area contributed by atoms with Gasteiger partial charge in [0.2, 0.25) is 0 Å². The third kappa shape index (κ3) is 4.90. The van der Waals surface area contributed by atoms with E-state index in [2.05, 4.69) is 29.0 Å². The minimum Gasteiger partial charge on any atom is -0.351 e. The second-order valence-electron chi connectivity index (χ2n) is 7.35. The predicted molar refractivity (Wildman–Crippen MR) is 99.1 cm³/mol. The van der Waals surface area contributed by atoms with E-state index in [1.807, 2.05) is 57.5 Å². The second-order valence-corrected chi connectivity index (χ2v) is 7.35. The van der Waals surface area contributed by atoms with E-state index in [1.165, 1.54) is 0 Å². The molecule has 0 saturated heterocycles. The zero-order valence-corrected chi connectivity index (χ0v) is 15.3. The average Bonchev–Trinajstić information content (AvgIpc) is 2.52. The van der Waals surface area contributed by atoms with Gasteiger partial charge in [-0.2, -0.15) is 0 Å². The maximum atomic E-state index is 12.4. The number of carbonyl (C=O) groups excluding carboxylic acids is 1. The Morgan fingerprint density at radius 3 is 2.42 bits per heavy atom. The van der Waals surface area contributed by atoms with E-state index in [1.54, 1.807) is 6.20 Å². The van der Waals surface area contributed by atoms with Gasteiger partial charge < -0.3 is 10.2 Å². The van der Waals surface area contributed by atoms with Crippen LogP contribution in [-0.4, -0.2) is 43.0 Å². The Balaban J connectivity index is 2.03. The van der Waals surface area contributed by atoms with Crippen molar-refractivity contribution in [2.45, 2.75) is 20.8 Å². The molecule has 128 valence electrons. The molecule has 1 heterocycles. The van der Waals surface area contributed by atoms with E-state index in [9.17, 15) is 4.79 Å². The third-order valence-corrected chi connectivity index (χ3v) is 3.95. The summed E-state index contributed by atoms with van der Waals surface area (Å²) < 4.78 is 0. The molecule has 0 radical (unpaired) electrons. The number of benzene rings is 1. The highest BCUT2D eigenvalue weighted by Gasteiger charge is 2.20. The number of carbonyl (C=O) groups is 1. The zero-order valence-electron chi connectivity index (χ0n) is 15.3. The molecular formula is C20H27N3O. The summed E-state index contributed by atoms with van der Waals surface area (Å²) in [6, 6.07) is 9.73. The lowest BCUT2D eigenvalue weighted by Crippen LogP contribution is -2.39. The van der Waals surface area contributed by atoms with Gasteiger partial charge in [0, 0.05) is 31.0 Å². The molecule has 0 aliphatic heterocycles. The first-order valence-electron chi connectivity index (χ1n) is 8.22. The van der Waals surface area contributed by atoms with Gasteiger partial charge in [0.05, 0.1) is 0 Å². The number of aryl methyl sites for hydroxylation is 1. The smallest absolute Gasteiger partial charge is 0.251 e. The Bertz CT molecular complexity index is 690. The molecular weight excluding hydrogens is 298 g/mol. The van der Waals surface area contributed by atoms with Crippen LogP contribution in [0.3, 0.4) is 0 Å². The van der Waals surface area contributed by atoms with E-state index in [-0.39, 0.29) is 11.3 Å². The molecule has 4 nitrogen and oxygen atoms in total. The second kappa shape index (κ2) is 7.58. The van der Waals surface area contributed by atoms with Crippen LogP contribution in [0.5, 0.6) is 0 Å². The summed E-state index contributed by atoms with van der Waals surface area (Å²) >= 11 is 0. The molecule has 0 unspecified atom stereocenters. The molecule has 2 rings (SSSR count). The van der Waals surface area contributed by atoms with Gasteiger partial charge in [-0.3, -0.25) is 9.78 Å². The van der Waals surface area contributed by atoms with E-state index >= 15 is 0 Å². The van der Waals surface area contributed by atoms with Crippen LogP contribution in [0.25, 0.3) is 11.1 Å². The molecule has 0 bridgehead atoms. The van der Waals surface area contributed by atoms with Gasteiger partial charge in [-0.1, -0.05) is 26.0 Å². The van der Waals surface area contributed by atoms with Gasteiger partial charge in [-0.25, -0.2) is 0 Å². The molecule has 0 spiro atoms. The molecule has 1 aromatic heterocycles. The summed E-state index contributed by atoms with van der Waals surface area (Å²) in [6.07, 6.45) is 3.64. The van der Waals surface area contributed by atoms with Crippen LogP contribution in [0, 0.1) is 12.3 Å². The van der Waals surface area contributed by atoms with Crippen molar-refractivity contribution >= 4 is 5.91 Å². The highest BCUT2D eigenvalue weighted by atomic mass is 16.1. The van der Waals surface area contributed by atoms with Crippen molar-refractivity contribution in [2.24, 2.45) is 5.41 Å². The quantitative estimate of drug-likeness (QED) is 0.885. The van der Waals surface area contributed by atoms with Crippen LogP contribution in [-0.2, 0) is 0 Å². The number of hydrogen-bond donors (Lipinski definition) is 1. The number of rotatable bonds is 6. The molecule has 0 fully saturated rings. The van der Waals surface area contributed by atoms with E-state index in [0.717, 1.165) is 23.2 Å². The van der Waals surface area contributed by atoms with Gasteiger partial charge in [0.1, 0.15) is 0 Å². The molecule has 0 atom stereocenters. The SMILES string of the molecule is Cc1cnccc1-c1ccc(C(=O)NCC(C)(C)CN(C)C)cc1. The molecule has 2 aromatic rings. The first-order valence-corrected chi connectivity index (χ1v) is 8.22. The van der Waals surface area contributed by atoms with Gasteiger partial charge in [-0.05, 0) is 61.3 Å². The lowest BCUT2D eigenvalue weighted by molar-refractivity contribution is 0.0929. The Morgan fingerprint density at radius 1 is 1.17 bits per heavy atom. The van der Waals surface area contributed by atoms with Crippen molar-refractivity contribution in [2.75, 3.05) is 27.2 Å². The summed E-state index contributed by atoms with van der Waals surface area (Å²) in [4.78, 5) is 18.6. The number of hydrogen-bond acceptors (Lipinski definition) is 3.